The van der Waals surface area contributed by atoms with Crippen LogP contribution in [-0.4, -0.2) is 25.7 Å². The Labute approximate surface area is 104 Å². The van der Waals surface area contributed by atoms with Crippen molar-refractivity contribution in [3.63, 3.8) is 0 Å². The van der Waals surface area contributed by atoms with E-state index in [9.17, 15) is 4.79 Å². The molecule has 2 rings (SSSR count). The summed E-state index contributed by atoms with van der Waals surface area (Å²) in [6.45, 7) is 2.96. The van der Waals surface area contributed by atoms with Crippen molar-refractivity contribution in [1.29, 1.82) is 0 Å². The van der Waals surface area contributed by atoms with E-state index in [2.05, 4.69) is 27.8 Å². The maximum atomic E-state index is 11.5. The lowest BCUT2D eigenvalue weighted by Gasteiger charge is -2.41. The van der Waals surface area contributed by atoms with Crippen LogP contribution in [0, 0.1) is 6.92 Å². The molecular weight excluding hydrogens is 270 g/mol. The fourth-order valence-corrected chi connectivity index (χ4v) is 2.30. The van der Waals surface area contributed by atoms with Gasteiger partial charge in [-0.15, -0.1) is 0 Å². The van der Waals surface area contributed by atoms with Crippen molar-refractivity contribution in [1.82, 2.24) is 0 Å². The molecule has 1 aromatic carbocycles. The molecule has 3 nitrogen and oxygen atoms in total. The lowest BCUT2D eigenvalue weighted by molar-refractivity contribution is -0.143. The first-order valence-corrected chi connectivity index (χ1v) is 6.03. The standard InChI is InChI=1S/C12H14BrNO2/c1-8-3-4-9(13)7-11(8)14-6-5-10(14)12(15)16-2/h3-4,7,10H,5-6H2,1-2H3. The molecule has 1 atom stereocenters. The highest BCUT2D eigenvalue weighted by molar-refractivity contribution is 9.10. The third-order valence-corrected chi connectivity index (χ3v) is 3.47. The van der Waals surface area contributed by atoms with E-state index in [0.29, 0.717) is 0 Å². The summed E-state index contributed by atoms with van der Waals surface area (Å²) in [6, 6.07) is 5.99. The molecule has 1 aromatic rings. The Bertz CT molecular complexity index is 419. The molecule has 0 radical (unpaired) electrons. The van der Waals surface area contributed by atoms with Gasteiger partial charge in [0, 0.05) is 16.7 Å². The molecule has 1 unspecified atom stereocenters. The van der Waals surface area contributed by atoms with E-state index < -0.39 is 0 Å². The first kappa shape index (κ1) is 11.5. The summed E-state index contributed by atoms with van der Waals surface area (Å²) >= 11 is 3.45. The van der Waals surface area contributed by atoms with Crippen molar-refractivity contribution in [3.05, 3.63) is 28.2 Å². The van der Waals surface area contributed by atoms with Crippen LogP contribution in [0.15, 0.2) is 22.7 Å². The molecular formula is C12H14BrNO2. The predicted octanol–water partition coefficient (Wildman–Crippen LogP) is 2.51. The molecule has 0 N–H and O–H groups in total. The molecule has 1 aliphatic rings. The maximum Gasteiger partial charge on any atom is 0.328 e. The maximum absolute atomic E-state index is 11.5. The van der Waals surface area contributed by atoms with E-state index in [1.807, 2.05) is 18.2 Å². The third-order valence-electron chi connectivity index (χ3n) is 2.97. The molecule has 0 aliphatic carbocycles. The van der Waals surface area contributed by atoms with E-state index in [1.54, 1.807) is 0 Å². The van der Waals surface area contributed by atoms with Crippen LogP contribution in [-0.2, 0) is 9.53 Å². The summed E-state index contributed by atoms with van der Waals surface area (Å²) in [5, 5.41) is 0. The van der Waals surface area contributed by atoms with Crippen LogP contribution in [0.2, 0.25) is 0 Å². The van der Waals surface area contributed by atoms with Gasteiger partial charge in [0.25, 0.3) is 0 Å². The van der Waals surface area contributed by atoms with Gasteiger partial charge in [-0.3, -0.25) is 0 Å². The van der Waals surface area contributed by atoms with Crippen LogP contribution < -0.4 is 4.90 Å². The van der Waals surface area contributed by atoms with Gasteiger partial charge < -0.3 is 9.64 Å². The molecule has 1 fully saturated rings. The lowest BCUT2D eigenvalue weighted by atomic mass is 10.0. The summed E-state index contributed by atoms with van der Waals surface area (Å²) in [6.07, 6.45) is 0.874. The number of ether oxygens (including phenoxy) is 1. The van der Waals surface area contributed by atoms with Crippen molar-refractivity contribution >= 4 is 27.6 Å². The number of methoxy groups -OCH3 is 1. The van der Waals surface area contributed by atoms with Crippen molar-refractivity contribution in [2.75, 3.05) is 18.6 Å². The molecule has 0 bridgehead atoms. The normalized spacial score (nSPS) is 19.2. The minimum atomic E-state index is -0.148. The number of carbonyl (C=O) groups excluding carboxylic acids is 1. The van der Waals surface area contributed by atoms with Gasteiger partial charge in [-0.2, -0.15) is 0 Å². The number of carbonyl (C=O) groups is 1. The SMILES string of the molecule is COC(=O)C1CCN1c1cc(Br)ccc1C. The number of aryl methyl sites for hydroxylation is 1. The van der Waals surface area contributed by atoms with Gasteiger partial charge >= 0.3 is 5.97 Å². The minimum Gasteiger partial charge on any atom is -0.467 e. The number of hydrogen-bond donors (Lipinski definition) is 0. The Balaban J connectivity index is 2.24. The van der Waals surface area contributed by atoms with Gasteiger partial charge in [0.15, 0.2) is 0 Å². The van der Waals surface area contributed by atoms with E-state index in [-0.39, 0.29) is 12.0 Å². The topological polar surface area (TPSA) is 29.5 Å². The number of rotatable bonds is 2. The van der Waals surface area contributed by atoms with Gasteiger partial charge in [0.2, 0.25) is 0 Å². The van der Waals surface area contributed by atoms with Crippen LogP contribution in [0.5, 0.6) is 0 Å². The third kappa shape index (κ3) is 1.94. The van der Waals surface area contributed by atoms with E-state index >= 15 is 0 Å². The van der Waals surface area contributed by atoms with Crippen molar-refractivity contribution < 1.29 is 9.53 Å². The molecule has 4 heteroatoms. The zero-order chi connectivity index (χ0) is 11.7. The fourth-order valence-electron chi connectivity index (χ4n) is 1.95. The molecule has 16 heavy (non-hydrogen) atoms. The van der Waals surface area contributed by atoms with Gasteiger partial charge in [-0.25, -0.2) is 4.79 Å². The average molecular weight is 284 g/mol. The van der Waals surface area contributed by atoms with E-state index in [4.69, 9.17) is 4.74 Å². The Morgan fingerprint density at radius 1 is 1.56 bits per heavy atom. The van der Waals surface area contributed by atoms with Crippen LogP contribution >= 0.6 is 15.9 Å². The van der Waals surface area contributed by atoms with Gasteiger partial charge in [-0.05, 0) is 31.0 Å². The van der Waals surface area contributed by atoms with Gasteiger partial charge in [0.1, 0.15) is 6.04 Å². The summed E-state index contributed by atoms with van der Waals surface area (Å²) in [5.41, 5.74) is 2.29. The lowest BCUT2D eigenvalue weighted by Crippen LogP contribution is -2.53. The molecule has 0 aromatic heterocycles. The van der Waals surface area contributed by atoms with Crippen LogP contribution in [0.1, 0.15) is 12.0 Å². The number of anilines is 1. The largest absolute Gasteiger partial charge is 0.467 e. The number of esters is 1. The Morgan fingerprint density at radius 2 is 2.31 bits per heavy atom. The molecule has 0 saturated carbocycles. The molecule has 1 heterocycles. The molecule has 1 aliphatic heterocycles. The summed E-state index contributed by atoms with van der Waals surface area (Å²) in [4.78, 5) is 13.6. The fraction of sp³-hybridized carbons (Fsp3) is 0.417. The molecule has 0 amide bonds. The monoisotopic (exact) mass is 283 g/mol. The Hall–Kier alpha value is -1.03. The van der Waals surface area contributed by atoms with Crippen molar-refractivity contribution in [3.8, 4) is 0 Å². The Kier molecular flexibility index (Phi) is 3.19. The highest BCUT2D eigenvalue weighted by Crippen LogP contribution is 2.32. The zero-order valence-corrected chi connectivity index (χ0v) is 11.0. The number of halogens is 1. The first-order valence-electron chi connectivity index (χ1n) is 5.24. The predicted molar refractivity (Wildman–Crippen MR) is 66.6 cm³/mol. The van der Waals surface area contributed by atoms with Gasteiger partial charge in [0.05, 0.1) is 7.11 Å². The zero-order valence-electron chi connectivity index (χ0n) is 9.37. The highest BCUT2D eigenvalue weighted by Gasteiger charge is 2.35. The summed E-state index contributed by atoms with van der Waals surface area (Å²) in [7, 11) is 1.44. The smallest absolute Gasteiger partial charge is 0.328 e. The quantitative estimate of drug-likeness (QED) is 0.781. The van der Waals surface area contributed by atoms with Crippen LogP contribution in [0.3, 0.4) is 0 Å². The average Bonchev–Trinajstić information content (AvgIpc) is 2.21. The summed E-state index contributed by atoms with van der Waals surface area (Å²) < 4.78 is 5.81. The summed E-state index contributed by atoms with van der Waals surface area (Å²) in [5.74, 6) is -0.148. The first-order chi connectivity index (χ1) is 7.63. The van der Waals surface area contributed by atoms with Crippen LogP contribution in [0.25, 0.3) is 0 Å². The van der Waals surface area contributed by atoms with Crippen LogP contribution in [0.4, 0.5) is 5.69 Å². The second-order valence-electron chi connectivity index (χ2n) is 3.95. The van der Waals surface area contributed by atoms with E-state index in [0.717, 1.165) is 23.1 Å². The Morgan fingerprint density at radius 3 is 2.88 bits per heavy atom. The molecule has 1 saturated heterocycles. The number of benzene rings is 1. The molecule has 0 spiro atoms. The number of nitrogens with zero attached hydrogens (tertiary/aromatic N) is 1. The molecule has 86 valence electrons. The van der Waals surface area contributed by atoms with E-state index in [1.165, 1.54) is 12.7 Å². The van der Waals surface area contributed by atoms with Crippen molar-refractivity contribution in [2.24, 2.45) is 0 Å². The minimum absolute atomic E-state index is 0.113. The number of hydrogen-bond acceptors (Lipinski definition) is 3. The second-order valence-corrected chi connectivity index (χ2v) is 4.87. The highest BCUT2D eigenvalue weighted by atomic mass is 79.9. The second kappa shape index (κ2) is 4.45. The van der Waals surface area contributed by atoms with Crippen molar-refractivity contribution in [2.45, 2.75) is 19.4 Å². The van der Waals surface area contributed by atoms with Gasteiger partial charge in [-0.1, -0.05) is 22.0 Å².